The minimum atomic E-state index is -0.382. The first-order valence-corrected chi connectivity index (χ1v) is 15.3. The normalized spacial score (nSPS) is 18.5. The number of fused-ring (bicyclic) bond motifs is 2. The van der Waals surface area contributed by atoms with Gasteiger partial charge in [-0.3, -0.25) is 9.69 Å². The van der Waals surface area contributed by atoms with Crippen molar-refractivity contribution in [2.24, 2.45) is 0 Å². The maximum atomic E-state index is 12.5. The van der Waals surface area contributed by atoms with E-state index >= 15 is 0 Å². The molecule has 0 saturated carbocycles. The van der Waals surface area contributed by atoms with Crippen LogP contribution in [-0.4, -0.2) is 61.3 Å². The Balaban J connectivity index is 1.52. The van der Waals surface area contributed by atoms with E-state index in [0.717, 1.165) is 52.8 Å². The summed E-state index contributed by atoms with van der Waals surface area (Å²) in [5.41, 5.74) is 6.56. The van der Waals surface area contributed by atoms with E-state index in [4.69, 9.17) is 18.9 Å². The summed E-state index contributed by atoms with van der Waals surface area (Å²) >= 11 is 0. The fourth-order valence-electron chi connectivity index (χ4n) is 7.06. The first kappa shape index (κ1) is 29.6. The molecule has 0 fully saturated rings. The minimum Gasteiger partial charge on any atom is -0.507 e. The maximum absolute atomic E-state index is 12.5. The van der Waals surface area contributed by atoms with Crippen LogP contribution in [0, 0.1) is 0 Å². The molecular weight excluding hydrogens is 584 g/mol. The van der Waals surface area contributed by atoms with Gasteiger partial charge >= 0.3 is 0 Å². The number of methoxy groups -OCH3 is 3. The summed E-state index contributed by atoms with van der Waals surface area (Å²) in [7, 11) is 6.83. The number of aromatic hydroxyl groups is 2. The zero-order valence-corrected chi connectivity index (χ0v) is 26.2. The first-order chi connectivity index (χ1) is 22.3. The third-order valence-corrected chi connectivity index (χ3v) is 9.48. The lowest BCUT2D eigenvalue weighted by molar-refractivity contribution is -0.117. The van der Waals surface area contributed by atoms with Gasteiger partial charge in [0.2, 0.25) is 6.41 Å². The molecule has 0 aliphatic carbocycles. The molecule has 8 rings (SSSR count). The van der Waals surface area contributed by atoms with E-state index in [2.05, 4.69) is 11.9 Å². The van der Waals surface area contributed by atoms with Gasteiger partial charge in [-0.15, -0.1) is 0 Å². The summed E-state index contributed by atoms with van der Waals surface area (Å²) in [4.78, 5) is 16.3. The monoisotopic (exact) mass is 620 g/mol. The zero-order valence-electron chi connectivity index (χ0n) is 26.2. The Morgan fingerprint density at radius 1 is 0.848 bits per heavy atom. The number of phenols is 2. The van der Waals surface area contributed by atoms with Crippen LogP contribution in [-0.2, 0) is 28.8 Å². The molecule has 0 aromatic heterocycles. The second-order valence-corrected chi connectivity index (χ2v) is 12.0. The molecule has 0 spiro atoms. The van der Waals surface area contributed by atoms with Gasteiger partial charge in [0.05, 0.1) is 32.9 Å². The molecule has 0 radical (unpaired) electrons. The van der Waals surface area contributed by atoms with E-state index in [0.29, 0.717) is 52.7 Å². The van der Waals surface area contributed by atoms with Crippen molar-refractivity contribution < 1.29 is 34.0 Å². The smallest absolute Gasteiger partial charge is 0.214 e. The predicted molar refractivity (Wildman–Crippen MR) is 173 cm³/mol. The van der Waals surface area contributed by atoms with Gasteiger partial charge in [0.15, 0.2) is 11.5 Å². The third-order valence-electron chi connectivity index (χ3n) is 9.48. The molecular formula is C37H36N2O7. The van der Waals surface area contributed by atoms with Crippen LogP contribution in [0.1, 0.15) is 45.5 Å². The minimum absolute atomic E-state index is 0.0391. The van der Waals surface area contributed by atoms with Crippen LogP contribution < -0.4 is 14.2 Å². The number of nitrogens with zero attached hydrogens (tertiary/aromatic N) is 2. The van der Waals surface area contributed by atoms with Crippen LogP contribution in [0.25, 0.3) is 16.9 Å². The zero-order chi connectivity index (χ0) is 32.1. The number of carbonyl (C=O) groups is 1. The number of hydrogen-bond donors (Lipinski definition) is 2. The van der Waals surface area contributed by atoms with Crippen molar-refractivity contribution in [3.05, 3.63) is 100 Å². The van der Waals surface area contributed by atoms with E-state index in [1.54, 1.807) is 38.5 Å². The molecule has 9 heteroatoms. The quantitative estimate of drug-likeness (QED) is 0.254. The van der Waals surface area contributed by atoms with Gasteiger partial charge in [0, 0.05) is 35.5 Å². The fraction of sp³-hybridized carbons (Fsp3) is 0.270. The predicted octanol–water partition coefficient (Wildman–Crippen LogP) is 6.36. The molecule has 236 valence electrons. The van der Waals surface area contributed by atoms with E-state index in [-0.39, 0.29) is 23.6 Å². The van der Waals surface area contributed by atoms with E-state index in [1.807, 2.05) is 54.6 Å². The Labute approximate surface area is 267 Å². The van der Waals surface area contributed by atoms with Crippen molar-refractivity contribution in [3.63, 3.8) is 0 Å². The molecule has 9 nitrogen and oxygen atoms in total. The van der Waals surface area contributed by atoms with Crippen LogP contribution in [0.4, 0.5) is 0 Å². The van der Waals surface area contributed by atoms with Crippen molar-refractivity contribution in [1.82, 2.24) is 9.80 Å². The fourth-order valence-corrected chi connectivity index (χ4v) is 7.06. The third kappa shape index (κ3) is 4.87. The highest BCUT2D eigenvalue weighted by Gasteiger charge is 2.35. The van der Waals surface area contributed by atoms with E-state index < -0.39 is 0 Å². The Morgan fingerprint density at radius 2 is 1.59 bits per heavy atom. The number of carbonyl (C=O) groups excluding carboxylic acids is 1. The van der Waals surface area contributed by atoms with Gasteiger partial charge in [-0.25, -0.2) is 0 Å². The molecule has 2 atom stereocenters. The van der Waals surface area contributed by atoms with Crippen molar-refractivity contribution in [2.45, 2.75) is 31.3 Å². The Bertz CT molecular complexity index is 1870. The summed E-state index contributed by atoms with van der Waals surface area (Å²) in [6.07, 6.45) is 4.30. The molecule has 4 heterocycles. The molecule has 0 unspecified atom stereocenters. The number of phenolic OH excluding ortho intramolecular Hbond substituents is 2. The van der Waals surface area contributed by atoms with Crippen LogP contribution in [0.5, 0.6) is 34.5 Å². The van der Waals surface area contributed by atoms with Crippen molar-refractivity contribution in [2.75, 3.05) is 34.9 Å². The first-order valence-electron chi connectivity index (χ1n) is 15.3. The van der Waals surface area contributed by atoms with Gasteiger partial charge < -0.3 is 34.1 Å². The van der Waals surface area contributed by atoms with Crippen LogP contribution in [0.15, 0.2) is 66.9 Å². The molecule has 46 heavy (non-hydrogen) atoms. The van der Waals surface area contributed by atoms with Crippen LogP contribution >= 0.6 is 0 Å². The number of likely N-dealkylation sites (N-methyl/N-ethyl adjacent to an activating group) is 1. The van der Waals surface area contributed by atoms with E-state index in [9.17, 15) is 15.0 Å². The Hall–Kier alpha value is -5.15. The Kier molecular flexibility index (Phi) is 7.49. The molecule has 0 saturated heterocycles. The Morgan fingerprint density at radius 3 is 2.30 bits per heavy atom. The highest BCUT2D eigenvalue weighted by molar-refractivity contribution is 5.86. The summed E-state index contributed by atoms with van der Waals surface area (Å²) < 4.78 is 23.8. The van der Waals surface area contributed by atoms with Gasteiger partial charge in [0.25, 0.3) is 0 Å². The van der Waals surface area contributed by atoms with Gasteiger partial charge in [-0.05, 0) is 91.0 Å². The summed E-state index contributed by atoms with van der Waals surface area (Å²) in [5.74, 6) is 2.69. The number of amides is 1. The molecule has 4 aromatic carbocycles. The summed E-state index contributed by atoms with van der Waals surface area (Å²) in [5, 5.41) is 23.0. The molecule has 8 bridgehead atoms. The van der Waals surface area contributed by atoms with E-state index in [1.165, 1.54) is 0 Å². The standard InChI is InChI=1S/C37H36N2O7/c1-38-12-11-23-16-33(44-3)36-27-17-25-26(18-31(27)43-2)34(45-4)19-39(20-40)28(25)13-21-5-8-24(9-6-21)46-32-15-22(7-10-30(32)41)14-29(38)35(23)37(36)42/h5-10,15-20,28-29,41-42H,11-14H2,1-4H3/t28-,29+/m1/s1. The lowest BCUT2D eigenvalue weighted by Crippen LogP contribution is -2.33. The highest BCUT2D eigenvalue weighted by Crippen LogP contribution is 2.52. The average Bonchev–Trinajstić information content (AvgIpc) is 3.07. The second-order valence-electron chi connectivity index (χ2n) is 12.0. The van der Waals surface area contributed by atoms with Crippen molar-refractivity contribution >= 4 is 12.2 Å². The number of ether oxygens (including phenoxy) is 4. The number of hydrogen-bond acceptors (Lipinski definition) is 8. The second kappa shape index (κ2) is 11.7. The molecule has 2 N–H and O–H groups in total. The van der Waals surface area contributed by atoms with Crippen molar-refractivity contribution in [3.8, 4) is 45.6 Å². The average molecular weight is 621 g/mol. The largest absolute Gasteiger partial charge is 0.507 e. The topological polar surface area (TPSA) is 101 Å². The lowest BCUT2D eigenvalue weighted by atomic mass is 9.83. The molecule has 1 amide bonds. The summed E-state index contributed by atoms with van der Waals surface area (Å²) in [6, 6.07) is 18.4. The highest BCUT2D eigenvalue weighted by atomic mass is 16.5. The number of benzene rings is 4. The molecule has 4 aliphatic heterocycles. The van der Waals surface area contributed by atoms with Gasteiger partial charge in [-0.2, -0.15) is 0 Å². The molecule has 4 aromatic rings. The van der Waals surface area contributed by atoms with Gasteiger partial charge in [-0.1, -0.05) is 18.2 Å². The van der Waals surface area contributed by atoms with Crippen LogP contribution in [0.3, 0.4) is 0 Å². The maximum Gasteiger partial charge on any atom is 0.214 e. The van der Waals surface area contributed by atoms with Gasteiger partial charge in [0.1, 0.15) is 28.8 Å². The summed E-state index contributed by atoms with van der Waals surface area (Å²) in [6.45, 7) is 0.797. The number of rotatable bonds is 4. The van der Waals surface area contributed by atoms with Crippen LogP contribution in [0.2, 0.25) is 0 Å². The molecule has 4 aliphatic rings. The lowest BCUT2D eigenvalue weighted by Gasteiger charge is -2.37. The SMILES string of the molecule is COC1=CN(C=O)[C@@H]2Cc3ccc(cc3)Oc3cc(ccc3O)C[C@H]3c4c(cc(OC)c(c4O)-c4cc2c1cc4OC)CCN3C. The van der Waals surface area contributed by atoms with Crippen molar-refractivity contribution in [1.29, 1.82) is 0 Å².